The zero-order valence-electron chi connectivity index (χ0n) is 15.3. The highest BCUT2D eigenvalue weighted by molar-refractivity contribution is 7.98. The van der Waals surface area contributed by atoms with Gasteiger partial charge in [0.05, 0.1) is 5.69 Å². The lowest BCUT2D eigenvalue weighted by Gasteiger charge is -2.10. The molecule has 3 heteroatoms. The average molecular weight is 349 g/mol. The minimum Gasteiger partial charge on any atom is -0.318 e. The number of aryl methyl sites for hydroxylation is 2. The Morgan fingerprint density at radius 2 is 1.76 bits per heavy atom. The van der Waals surface area contributed by atoms with E-state index in [1.165, 1.54) is 27.5 Å². The monoisotopic (exact) mass is 348 g/mol. The molecule has 0 saturated heterocycles. The second-order valence-corrected chi connectivity index (χ2v) is 6.96. The summed E-state index contributed by atoms with van der Waals surface area (Å²) in [5.74, 6) is 0. The van der Waals surface area contributed by atoms with Gasteiger partial charge in [-0.3, -0.25) is 4.99 Å². The number of benzene rings is 2. The molecule has 0 atom stereocenters. The lowest BCUT2D eigenvalue weighted by Crippen LogP contribution is -1.99. The summed E-state index contributed by atoms with van der Waals surface area (Å²) in [5.41, 5.74) is 7.19. The number of aliphatic imine (C=N–C) groups is 1. The number of rotatable bonds is 5. The van der Waals surface area contributed by atoms with Gasteiger partial charge in [-0.05, 0) is 62.4 Å². The molecule has 0 aliphatic heterocycles. The van der Waals surface area contributed by atoms with Crippen LogP contribution in [0.15, 0.2) is 64.5 Å². The minimum absolute atomic E-state index is 1.02. The zero-order valence-corrected chi connectivity index (χ0v) is 16.1. The fourth-order valence-corrected chi connectivity index (χ4v) is 3.62. The van der Waals surface area contributed by atoms with Crippen molar-refractivity contribution in [1.29, 1.82) is 0 Å². The second kappa shape index (κ2) is 7.75. The van der Waals surface area contributed by atoms with Gasteiger partial charge in [0.2, 0.25) is 0 Å². The molecule has 3 aromatic rings. The normalized spacial score (nSPS) is 11.4. The Morgan fingerprint density at radius 3 is 2.44 bits per heavy atom. The van der Waals surface area contributed by atoms with Crippen molar-refractivity contribution < 1.29 is 0 Å². The Morgan fingerprint density at radius 1 is 1.04 bits per heavy atom. The highest BCUT2D eigenvalue weighted by Crippen LogP contribution is 2.28. The Hall–Kier alpha value is -2.26. The molecule has 2 aromatic carbocycles. The van der Waals surface area contributed by atoms with Gasteiger partial charge in [0, 0.05) is 33.7 Å². The number of para-hydroxylation sites is 1. The summed E-state index contributed by atoms with van der Waals surface area (Å²) < 4.78 is 2.29. The van der Waals surface area contributed by atoms with E-state index in [4.69, 9.17) is 4.99 Å². The number of thioether (sulfide) groups is 1. The summed E-state index contributed by atoms with van der Waals surface area (Å²) in [7, 11) is 0. The number of aromatic nitrogens is 1. The molecular formula is C22H24N2S. The van der Waals surface area contributed by atoms with Crippen LogP contribution >= 0.6 is 11.8 Å². The van der Waals surface area contributed by atoms with Gasteiger partial charge in [0.25, 0.3) is 0 Å². The first kappa shape index (κ1) is 17.6. The third kappa shape index (κ3) is 3.72. The minimum atomic E-state index is 1.02. The van der Waals surface area contributed by atoms with Gasteiger partial charge < -0.3 is 4.57 Å². The number of hydrogen-bond acceptors (Lipinski definition) is 2. The quantitative estimate of drug-likeness (QED) is 0.400. The Bertz CT molecular complexity index is 889. The van der Waals surface area contributed by atoms with E-state index >= 15 is 0 Å². The molecule has 0 amide bonds. The van der Waals surface area contributed by atoms with E-state index in [0.717, 1.165) is 17.7 Å². The second-order valence-electron chi connectivity index (χ2n) is 6.11. The van der Waals surface area contributed by atoms with E-state index in [-0.39, 0.29) is 0 Å². The summed E-state index contributed by atoms with van der Waals surface area (Å²) in [6.45, 7) is 6.48. The predicted octanol–water partition coefficient (Wildman–Crippen LogP) is 6.13. The van der Waals surface area contributed by atoms with Gasteiger partial charge in [0.15, 0.2) is 0 Å². The van der Waals surface area contributed by atoms with E-state index < -0.39 is 0 Å². The third-order valence-corrected chi connectivity index (χ3v) is 5.29. The van der Waals surface area contributed by atoms with Crippen LogP contribution in [0.2, 0.25) is 0 Å². The predicted molar refractivity (Wildman–Crippen MR) is 110 cm³/mol. The Labute approximate surface area is 154 Å². The van der Waals surface area contributed by atoms with Crippen molar-refractivity contribution in [2.75, 3.05) is 6.26 Å². The van der Waals surface area contributed by atoms with Gasteiger partial charge >= 0.3 is 0 Å². The maximum atomic E-state index is 4.72. The zero-order chi connectivity index (χ0) is 17.8. The summed E-state index contributed by atoms with van der Waals surface area (Å²) in [4.78, 5) is 5.92. The van der Waals surface area contributed by atoms with Crippen molar-refractivity contribution in [3.05, 3.63) is 77.1 Å². The fraction of sp³-hybridized carbons (Fsp3) is 0.227. The molecule has 2 nitrogen and oxygen atoms in total. The molecule has 0 bridgehead atoms. The Balaban J connectivity index is 1.95. The maximum Gasteiger partial charge on any atom is 0.0765 e. The Kier molecular flexibility index (Phi) is 5.44. The van der Waals surface area contributed by atoms with Crippen LogP contribution in [-0.2, 0) is 6.42 Å². The molecule has 0 aliphatic carbocycles. The first-order valence-electron chi connectivity index (χ1n) is 8.59. The molecule has 128 valence electrons. The van der Waals surface area contributed by atoms with Crippen molar-refractivity contribution in [3.8, 4) is 5.69 Å². The topological polar surface area (TPSA) is 17.3 Å². The first-order valence-corrected chi connectivity index (χ1v) is 9.82. The van der Waals surface area contributed by atoms with Crippen molar-refractivity contribution in [3.63, 3.8) is 0 Å². The molecule has 0 N–H and O–H groups in total. The molecule has 0 radical (unpaired) electrons. The third-order valence-electron chi connectivity index (χ3n) is 4.50. The van der Waals surface area contributed by atoms with Gasteiger partial charge in [-0.15, -0.1) is 11.8 Å². The summed E-state index contributed by atoms with van der Waals surface area (Å²) in [5, 5.41) is 0. The van der Waals surface area contributed by atoms with Crippen LogP contribution in [0.3, 0.4) is 0 Å². The van der Waals surface area contributed by atoms with Crippen LogP contribution in [-0.4, -0.2) is 17.0 Å². The molecule has 0 spiro atoms. The largest absolute Gasteiger partial charge is 0.318 e. The van der Waals surface area contributed by atoms with Crippen LogP contribution < -0.4 is 0 Å². The van der Waals surface area contributed by atoms with Crippen molar-refractivity contribution in [1.82, 2.24) is 4.57 Å². The highest BCUT2D eigenvalue weighted by atomic mass is 32.2. The van der Waals surface area contributed by atoms with Crippen molar-refractivity contribution >= 4 is 23.7 Å². The van der Waals surface area contributed by atoms with Crippen LogP contribution in [0.1, 0.15) is 29.4 Å². The molecule has 25 heavy (non-hydrogen) atoms. The fourth-order valence-electron chi connectivity index (χ4n) is 3.07. The van der Waals surface area contributed by atoms with E-state index in [1.54, 1.807) is 11.8 Å². The molecule has 0 saturated carbocycles. The van der Waals surface area contributed by atoms with Crippen molar-refractivity contribution in [2.45, 2.75) is 32.1 Å². The molecule has 0 aliphatic rings. The van der Waals surface area contributed by atoms with Crippen LogP contribution in [0.25, 0.3) is 5.69 Å². The first-order chi connectivity index (χ1) is 12.1. The van der Waals surface area contributed by atoms with E-state index in [0.29, 0.717) is 0 Å². The molecule has 0 unspecified atom stereocenters. The molecular weight excluding hydrogens is 324 g/mol. The van der Waals surface area contributed by atoms with Gasteiger partial charge in [-0.1, -0.05) is 31.2 Å². The van der Waals surface area contributed by atoms with Crippen LogP contribution in [0.4, 0.5) is 5.69 Å². The van der Waals surface area contributed by atoms with Gasteiger partial charge in [-0.25, -0.2) is 0 Å². The summed E-state index contributed by atoms with van der Waals surface area (Å²) in [6, 6.07) is 19.3. The van der Waals surface area contributed by atoms with E-state index in [9.17, 15) is 0 Å². The SMILES string of the molecule is CCc1ccc(-n2c(C)cc(C=Nc3ccccc3SC)c2C)cc1. The smallest absolute Gasteiger partial charge is 0.0765 e. The molecule has 1 aromatic heterocycles. The molecule has 1 heterocycles. The van der Waals surface area contributed by atoms with Crippen LogP contribution in [0, 0.1) is 13.8 Å². The number of hydrogen-bond donors (Lipinski definition) is 0. The summed E-state index contributed by atoms with van der Waals surface area (Å²) >= 11 is 1.72. The van der Waals surface area contributed by atoms with Crippen molar-refractivity contribution in [2.24, 2.45) is 4.99 Å². The van der Waals surface area contributed by atoms with E-state index in [2.05, 4.69) is 80.1 Å². The molecule has 0 fully saturated rings. The highest BCUT2D eigenvalue weighted by Gasteiger charge is 2.09. The lowest BCUT2D eigenvalue weighted by atomic mass is 10.1. The lowest BCUT2D eigenvalue weighted by molar-refractivity contribution is 0.962. The standard InChI is InChI=1S/C22H24N2S/c1-5-18-10-12-20(13-11-18)24-16(2)14-19(17(24)3)15-23-21-8-6-7-9-22(21)25-4/h6-15H,5H2,1-4H3. The maximum absolute atomic E-state index is 4.72. The van der Waals surface area contributed by atoms with Crippen LogP contribution in [0.5, 0.6) is 0 Å². The van der Waals surface area contributed by atoms with E-state index in [1.807, 2.05) is 12.3 Å². The summed E-state index contributed by atoms with van der Waals surface area (Å²) in [6.07, 6.45) is 5.13. The van der Waals surface area contributed by atoms with Gasteiger partial charge in [-0.2, -0.15) is 0 Å². The average Bonchev–Trinajstić information content (AvgIpc) is 2.94. The van der Waals surface area contributed by atoms with Gasteiger partial charge in [0.1, 0.15) is 0 Å². The number of nitrogens with zero attached hydrogens (tertiary/aromatic N) is 2. The molecule has 3 rings (SSSR count).